The highest BCUT2D eigenvalue weighted by molar-refractivity contribution is 6.04. The van der Waals surface area contributed by atoms with Gasteiger partial charge in [-0.25, -0.2) is 9.48 Å². The fourth-order valence-electron chi connectivity index (χ4n) is 2.90. The van der Waals surface area contributed by atoms with Gasteiger partial charge in [0.25, 0.3) is 0 Å². The highest BCUT2D eigenvalue weighted by atomic mass is 16.5. The molecule has 0 unspecified atom stereocenters. The number of aromatic nitrogens is 3. The molecule has 4 rings (SSSR count). The second-order valence-corrected chi connectivity index (χ2v) is 5.86. The number of para-hydroxylation sites is 1. The summed E-state index contributed by atoms with van der Waals surface area (Å²) < 4.78 is 9.21. The third kappa shape index (κ3) is 2.92. The van der Waals surface area contributed by atoms with Gasteiger partial charge in [-0.3, -0.25) is 0 Å². The van der Waals surface area contributed by atoms with Crippen molar-refractivity contribution in [2.24, 2.45) is 7.05 Å². The number of aryl methyl sites for hydroxylation is 1. The molecule has 0 amide bonds. The summed E-state index contributed by atoms with van der Waals surface area (Å²) in [5.74, 6) is -0.312. The molecule has 124 valence electrons. The average Bonchev–Trinajstić information content (AvgIpc) is 3.29. The van der Waals surface area contributed by atoms with Crippen molar-refractivity contribution in [2.45, 2.75) is 6.61 Å². The number of ether oxygens (including phenoxy) is 1. The molecule has 5 nitrogen and oxygen atoms in total. The van der Waals surface area contributed by atoms with Crippen LogP contribution >= 0.6 is 0 Å². The van der Waals surface area contributed by atoms with Crippen molar-refractivity contribution in [1.82, 2.24) is 14.3 Å². The van der Waals surface area contributed by atoms with Crippen molar-refractivity contribution in [1.29, 1.82) is 0 Å². The molecule has 0 spiro atoms. The number of carbonyl (C=O) groups excluding carboxylic acids is 1. The zero-order valence-electron chi connectivity index (χ0n) is 13.8. The van der Waals surface area contributed by atoms with Crippen molar-refractivity contribution in [3.63, 3.8) is 0 Å². The molecule has 0 bridgehead atoms. The molecule has 0 aliphatic heterocycles. The van der Waals surface area contributed by atoms with E-state index in [0.717, 1.165) is 22.2 Å². The van der Waals surface area contributed by atoms with Crippen LogP contribution in [-0.2, 0) is 18.4 Å². The molecule has 0 aliphatic rings. The largest absolute Gasteiger partial charge is 0.457 e. The maximum absolute atomic E-state index is 12.4. The van der Waals surface area contributed by atoms with Gasteiger partial charge in [-0.1, -0.05) is 30.3 Å². The minimum absolute atomic E-state index is 0.238. The van der Waals surface area contributed by atoms with Crippen molar-refractivity contribution >= 4 is 16.9 Å². The SMILES string of the molecule is Cn1cc(C(=O)OCc2ccc(-n3cccn3)cc2)c2ccccc21. The minimum Gasteiger partial charge on any atom is -0.457 e. The number of carbonyl (C=O) groups is 1. The third-order valence-electron chi connectivity index (χ3n) is 4.19. The van der Waals surface area contributed by atoms with Crippen LogP contribution in [-0.4, -0.2) is 20.3 Å². The van der Waals surface area contributed by atoms with Crippen LogP contribution in [0.1, 0.15) is 15.9 Å². The van der Waals surface area contributed by atoms with E-state index in [0.29, 0.717) is 5.56 Å². The van der Waals surface area contributed by atoms with E-state index in [1.54, 1.807) is 10.9 Å². The topological polar surface area (TPSA) is 49.0 Å². The lowest BCUT2D eigenvalue weighted by Gasteiger charge is -2.06. The Morgan fingerprint density at radius 1 is 1.08 bits per heavy atom. The van der Waals surface area contributed by atoms with Crippen LogP contribution in [0.4, 0.5) is 0 Å². The van der Waals surface area contributed by atoms with Crippen molar-refractivity contribution in [3.8, 4) is 5.69 Å². The lowest BCUT2D eigenvalue weighted by Crippen LogP contribution is -2.05. The zero-order valence-corrected chi connectivity index (χ0v) is 13.8. The number of nitrogens with zero attached hydrogens (tertiary/aromatic N) is 3. The van der Waals surface area contributed by atoms with Crippen LogP contribution in [0.2, 0.25) is 0 Å². The molecule has 2 aromatic carbocycles. The van der Waals surface area contributed by atoms with Gasteiger partial charge in [0.2, 0.25) is 0 Å². The summed E-state index contributed by atoms with van der Waals surface area (Å²) in [4.78, 5) is 12.4. The quantitative estimate of drug-likeness (QED) is 0.536. The maximum Gasteiger partial charge on any atom is 0.340 e. The number of hydrogen-bond acceptors (Lipinski definition) is 3. The lowest BCUT2D eigenvalue weighted by molar-refractivity contribution is 0.0475. The molecule has 4 aromatic rings. The summed E-state index contributed by atoms with van der Waals surface area (Å²) in [6.45, 7) is 0.238. The summed E-state index contributed by atoms with van der Waals surface area (Å²) in [7, 11) is 1.92. The van der Waals surface area contributed by atoms with Crippen LogP contribution in [0.15, 0.2) is 73.2 Å². The highest BCUT2D eigenvalue weighted by Gasteiger charge is 2.15. The highest BCUT2D eigenvalue weighted by Crippen LogP contribution is 2.21. The second-order valence-electron chi connectivity index (χ2n) is 5.86. The Balaban J connectivity index is 1.48. The molecule has 0 atom stereocenters. The Morgan fingerprint density at radius 2 is 1.88 bits per heavy atom. The first-order chi connectivity index (χ1) is 12.2. The average molecular weight is 331 g/mol. The fourth-order valence-corrected chi connectivity index (χ4v) is 2.90. The molecule has 0 N–H and O–H groups in total. The molecule has 25 heavy (non-hydrogen) atoms. The predicted octanol–water partition coefficient (Wildman–Crippen LogP) is 3.72. The molecule has 0 radical (unpaired) electrons. The van der Waals surface area contributed by atoms with Crippen molar-refractivity contribution < 1.29 is 9.53 Å². The van der Waals surface area contributed by atoms with E-state index in [2.05, 4.69) is 5.10 Å². The van der Waals surface area contributed by atoms with Crippen molar-refractivity contribution in [3.05, 3.63) is 84.3 Å². The zero-order chi connectivity index (χ0) is 17.2. The minimum atomic E-state index is -0.312. The summed E-state index contributed by atoms with van der Waals surface area (Å²) in [5.41, 5.74) is 3.50. The molecule has 2 heterocycles. The molecule has 2 aromatic heterocycles. The molecule has 0 fully saturated rings. The van der Waals surface area contributed by atoms with E-state index in [-0.39, 0.29) is 12.6 Å². The first kappa shape index (κ1) is 15.2. The van der Waals surface area contributed by atoms with E-state index in [1.807, 2.05) is 78.6 Å². The van der Waals surface area contributed by atoms with Crippen LogP contribution in [0.5, 0.6) is 0 Å². The van der Waals surface area contributed by atoms with Gasteiger partial charge < -0.3 is 9.30 Å². The number of esters is 1. The normalized spacial score (nSPS) is 10.9. The van der Waals surface area contributed by atoms with Crippen LogP contribution < -0.4 is 0 Å². The van der Waals surface area contributed by atoms with E-state index in [1.165, 1.54) is 0 Å². The van der Waals surface area contributed by atoms with Gasteiger partial charge in [0.05, 0.1) is 11.3 Å². The third-order valence-corrected chi connectivity index (χ3v) is 4.19. The molecule has 0 saturated carbocycles. The van der Waals surface area contributed by atoms with Crippen LogP contribution in [0.25, 0.3) is 16.6 Å². The number of rotatable bonds is 4. The van der Waals surface area contributed by atoms with Gasteiger partial charge in [0, 0.05) is 36.5 Å². The molecule has 0 saturated heterocycles. The van der Waals surface area contributed by atoms with Gasteiger partial charge >= 0.3 is 5.97 Å². The molecule has 5 heteroatoms. The van der Waals surface area contributed by atoms with E-state index < -0.39 is 0 Å². The summed E-state index contributed by atoms with van der Waals surface area (Å²) in [6.07, 6.45) is 5.43. The monoisotopic (exact) mass is 331 g/mol. The van der Waals surface area contributed by atoms with Gasteiger partial charge in [-0.15, -0.1) is 0 Å². The Kier molecular flexibility index (Phi) is 3.82. The summed E-state index contributed by atoms with van der Waals surface area (Å²) >= 11 is 0. The number of hydrogen-bond donors (Lipinski definition) is 0. The maximum atomic E-state index is 12.4. The predicted molar refractivity (Wildman–Crippen MR) is 95.6 cm³/mol. The standard InChI is InChI=1S/C20H17N3O2/c1-22-13-18(17-5-2-3-6-19(17)22)20(24)25-14-15-7-9-16(10-8-15)23-12-4-11-21-23/h2-13H,14H2,1H3. The first-order valence-electron chi connectivity index (χ1n) is 8.02. The van der Waals surface area contributed by atoms with E-state index in [4.69, 9.17) is 4.74 Å². The van der Waals surface area contributed by atoms with Crippen LogP contribution in [0.3, 0.4) is 0 Å². The second kappa shape index (κ2) is 6.28. The Morgan fingerprint density at radius 3 is 2.64 bits per heavy atom. The summed E-state index contributed by atoms with van der Waals surface area (Å²) in [5, 5.41) is 5.10. The molecular weight excluding hydrogens is 314 g/mol. The first-order valence-corrected chi connectivity index (χ1v) is 8.02. The van der Waals surface area contributed by atoms with Gasteiger partial charge in [0.15, 0.2) is 0 Å². The smallest absolute Gasteiger partial charge is 0.340 e. The van der Waals surface area contributed by atoms with Gasteiger partial charge in [-0.2, -0.15) is 5.10 Å². The van der Waals surface area contributed by atoms with Gasteiger partial charge in [-0.05, 0) is 29.8 Å². The Hall–Kier alpha value is -3.34. The van der Waals surface area contributed by atoms with E-state index in [9.17, 15) is 4.79 Å². The van der Waals surface area contributed by atoms with Gasteiger partial charge in [0.1, 0.15) is 6.61 Å². The van der Waals surface area contributed by atoms with E-state index >= 15 is 0 Å². The fraction of sp³-hybridized carbons (Fsp3) is 0.100. The summed E-state index contributed by atoms with van der Waals surface area (Å²) in [6, 6.07) is 17.5. The van der Waals surface area contributed by atoms with Crippen molar-refractivity contribution in [2.75, 3.05) is 0 Å². The molecular formula is C20H17N3O2. The molecule has 0 aliphatic carbocycles. The number of fused-ring (bicyclic) bond motifs is 1. The lowest BCUT2D eigenvalue weighted by atomic mass is 10.2. The Bertz CT molecular complexity index is 1010. The Labute approximate surface area is 145 Å². The van der Waals surface area contributed by atoms with Crippen LogP contribution in [0, 0.1) is 0 Å². The number of benzene rings is 2.